The molecule has 1 aliphatic heterocycles. The number of anilines is 1. The summed E-state index contributed by atoms with van der Waals surface area (Å²) in [6, 6.07) is 0. The van der Waals surface area contributed by atoms with E-state index in [0.29, 0.717) is 12.2 Å². The summed E-state index contributed by atoms with van der Waals surface area (Å²) in [6.07, 6.45) is 0. The minimum atomic E-state index is -0.325. The van der Waals surface area contributed by atoms with Gasteiger partial charge in [0, 0.05) is 0 Å². The van der Waals surface area contributed by atoms with Gasteiger partial charge in [0.1, 0.15) is 12.2 Å². The summed E-state index contributed by atoms with van der Waals surface area (Å²) in [5.74, 6) is 0.112. The molecule has 0 aliphatic carbocycles. The molecule has 0 unspecified atom stereocenters. The lowest BCUT2D eigenvalue weighted by molar-refractivity contribution is 0.987. The standard InChI is InChI=1S/C5H5N5O/c6-5-8-2-1-7-10-3(2)4(11)9-5/h1H2,(H3,6,8,9,11). The average molecular weight is 151 g/mol. The number of hydrogen-bond donors (Lipinski definition) is 2. The molecule has 0 spiro atoms. The first kappa shape index (κ1) is 6.02. The van der Waals surface area contributed by atoms with Crippen molar-refractivity contribution in [2.24, 2.45) is 10.2 Å². The van der Waals surface area contributed by atoms with E-state index in [1.807, 2.05) is 0 Å². The first-order valence-corrected chi connectivity index (χ1v) is 3.03. The molecule has 0 amide bonds. The number of nitrogens with two attached hydrogens (primary N) is 1. The van der Waals surface area contributed by atoms with E-state index in [1.54, 1.807) is 0 Å². The van der Waals surface area contributed by atoms with Crippen molar-refractivity contribution in [1.82, 2.24) is 9.97 Å². The van der Waals surface area contributed by atoms with Crippen LogP contribution in [0.1, 0.15) is 5.69 Å². The quantitative estimate of drug-likeness (QED) is 0.543. The Balaban J connectivity index is 2.77. The second kappa shape index (κ2) is 1.88. The molecule has 2 rings (SSSR count). The molecule has 0 bridgehead atoms. The minimum absolute atomic E-state index is 0.112. The largest absolute Gasteiger partial charge is 0.369 e. The first-order chi connectivity index (χ1) is 5.27. The number of fused-ring (bicyclic) bond motifs is 1. The number of nitrogen functional groups attached to an aromatic ring is 1. The van der Waals surface area contributed by atoms with Gasteiger partial charge >= 0.3 is 0 Å². The van der Waals surface area contributed by atoms with Crippen molar-refractivity contribution in [1.29, 1.82) is 0 Å². The Morgan fingerprint density at radius 3 is 3.18 bits per heavy atom. The number of aromatic nitrogens is 2. The van der Waals surface area contributed by atoms with Gasteiger partial charge in [-0.05, 0) is 0 Å². The van der Waals surface area contributed by atoms with Crippen LogP contribution < -0.4 is 11.3 Å². The van der Waals surface area contributed by atoms with Gasteiger partial charge in [0.25, 0.3) is 5.56 Å². The molecule has 0 atom stereocenters. The number of azo groups is 1. The molecule has 0 saturated heterocycles. The third-order valence-electron chi connectivity index (χ3n) is 1.38. The van der Waals surface area contributed by atoms with Crippen LogP contribution >= 0.6 is 0 Å². The summed E-state index contributed by atoms with van der Waals surface area (Å²) in [5, 5.41) is 7.24. The fourth-order valence-electron chi connectivity index (χ4n) is 0.919. The highest BCUT2D eigenvalue weighted by Gasteiger charge is 2.13. The maximum absolute atomic E-state index is 11.0. The van der Waals surface area contributed by atoms with Crippen molar-refractivity contribution < 1.29 is 0 Å². The van der Waals surface area contributed by atoms with E-state index >= 15 is 0 Å². The lowest BCUT2D eigenvalue weighted by Crippen LogP contribution is -2.11. The summed E-state index contributed by atoms with van der Waals surface area (Å²) < 4.78 is 0. The van der Waals surface area contributed by atoms with Gasteiger partial charge in [0.2, 0.25) is 5.95 Å². The Labute approximate surface area is 61.2 Å². The smallest absolute Gasteiger partial charge is 0.280 e. The van der Waals surface area contributed by atoms with Crippen molar-refractivity contribution in [2.45, 2.75) is 6.54 Å². The zero-order valence-electron chi connectivity index (χ0n) is 5.53. The van der Waals surface area contributed by atoms with Crippen LogP contribution in [0.3, 0.4) is 0 Å². The molecule has 3 N–H and O–H groups in total. The highest BCUT2D eigenvalue weighted by Crippen LogP contribution is 2.19. The summed E-state index contributed by atoms with van der Waals surface area (Å²) in [6.45, 7) is 0.351. The molecule has 1 aromatic rings. The van der Waals surface area contributed by atoms with Crippen LogP contribution in [0.5, 0.6) is 0 Å². The van der Waals surface area contributed by atoms with Crippen molar-refractivity contribution in [3.63, 3.8) is 0 Å². The third kappa shape index (κ3) is 0.794. The molecule has 6 nitrogen and oxygen atoms in total. The summed E-state index contributed by atoms with van der Waals surface area (Å²) in [7, 11) is 0. The van der Waals surface area contributed by atoms with E-state index in [2.05, 4.69) is 20.2 Å². The number of hydrogen-bond acceptors (Lipinski definition) is 5. The lowest BCUT2D eigenvalue weighted by Gasteiger charge is -1.94. The maximum atomic E-state index is 11.0. The number of rotatable bonds is 0. The Kier molecular flexibility index (Phi) is 1.03. The van der Waals surface area contributed by atoms with Crippen LogP contribution in [0.2, 0.25) is 0 Å². The monoisotopic (exact) mass is 151 g/mol. The second-order valence-electron chi connectivity index (χ2n) is 2.15. The van der Waals surface area contributed by atoms with Crippen LogP contribution in [0, 0.1) is 0 Å². The zero-order valence-corrected chi connectivity index (χ0v) is 5.53. The Morgan fingerprint density at radius 1 is 1.55 bits per heavy atom. The molecule has 1 aromatic heterocycles. The van der Waals surface area contributed by atoms with Crippen molar-refractivity contribution in [3.05, 3.63) is 16.0 Å². The highest BCUT2D eigenvalue weighted by atomic mass is 16.1. The predicted molar refractivity (Wildman–Crippen MR) is 37.5 cm³/mol. The van der Waals surface area contributed by atoms with Crippen LogP contribution in [0.4, 0.5) is 11.6 Å². The third-order valence-corrected chi connectivity index (χ3v) is 1.38. The zero-order chi connectivity index (χ0) is 7.84. The van der Waals surface area contributed by atoms with E-state index < -0.39 is 0 Å². The number of nitrogens with one attached hydrogen (secondary N) is 1. The van der Waals surface area contributed by atoms with E-state index in [0.717, 1.165) is 0 Å². The number of nitrogens with zero attached hydrogens (tertiary/aromatic N) is 3. The molecule has 56 valence electrons. The van der Waals surface area contributed by atoms with Crippen LogP contribution in [-0.2, 0) is 6.54 Å². The molecule has 6 heteroatoms. The van der Waals surface area contributed by atoms with Gasteiger partial charge in [-0.2, -0.15) is 5.11 Å². The molecule has 0 radical (unpaired) electrons. The van der Waals surface area contributed by atoms with E-state index in [4.69, 9.17) is 5.73 Å². The topological polar surface area (TPSA) is 96.5 Å². The molecule has 2 heterocycles. The molecule has 1 aliphatic rings. The van der Waals surface area contributed by atoms with Gasteiger partial charge in [-0.1, -0.05) is 0 Å². The van der Waals surface area contributed by atoms with Gasteiger partial charge in [-0.3, -0.25) is 9.78 Å². The second-order valence-corrected chi connectivity index (χ2v) is 2.15. The predicted octanol–water partition coefficient (Wildman–Crippen LogP) is -0.0506. The first-order valence-electron chi connectivity index (χ1n) is 3.03. The Morgan fingerprint density at radius 2 is 2.36 bits per heavy atom. The van der Waals surface area contributed by atoms with Gasteiger partial charge in [0.15, 0.2) is 5.69 Å². The van der Waals surface area contributed by atoms with Crippen molar-refractivity contribution >= 4 is 11.6 Å². The van der Waals surface area contributed by atoms with Gasteiger partial charge in [-0.15, -0.1) is 5.11 Å². The number of aromatic amines is 1. The number of H-pyrrole nitrogens is 1. The van der Waals surface area contributed by atoms with E-state index in [9.17, 15) is 4.79 Å². The van der Waals surface area contributed by atoms with Crippen LogP contribution in [0.25, 0.3) is 0 Å². The maximum Gasteiger partial charge on any atom is 0.280 e. The fraction of sp³-hybridized carbons (Fsp3) is 0.200. The Hall–Kier alpha value is -1.72. The molecular weight excluding hydrogens is 146 g/mol. The lowest BCUT2D eigenvalue weighted by atomic mass is 10.4. The highest BCUT2D eigenvalue weighted by molar-refractivity contribution is 5.43. The van der Waals surface area contributed by atoms with Gasteiger partial charge < -0.3 is 5.73 Å². The molecule has 0 fully saturated rings. The van der Waals surface area contributed by atoms with Gasteiger partial charge in [0.05, 0.1) is 0 Å². The summed E-state index contributed by atoms with van der Waals surface area (Å²) in [4.78, 5) is 17.2. The normalized spacial score (nSPS) is 13.5. The Bertz CT molecular complexity index is 379. The van der Waals surface area contributed by atoms with E-state index in [1.165, 1.54) is 0 Å². The van der Waals surface area contributed by atoms with Crippen molar-refractivity contribution in [3.8, 4) is 0 Å². The van der Waals surface area contributed by atoms with Crippen LogP contribution in [-0.4, -0.2) is 9.97 Å². The molecule has 0 saturated carbocycles. The minimum Gasteiger partial charge on any atom is -0.369 e. The van der Waals surface area contributed by atoms with Crippen LogP contribution in [0.15, 0.2) is 15.0 Å². The average Bonchev–Trinajstić information content (AvgIpc) is 2.34. The van der Waals surface area contributed by atoms with Crippen molar-refractivity contribution in [2.75, 3.05) is 5.73 Å². The molecule has 0 aromatic carbocycles. The summed E-state index contributed by atoms with van der Waals surface area (Å²) in [5.41, 5.74) is 5.78. The van der Waals surface area contributed by atoms with Gasteiger partial charge in [-0.25, -0.2) is 4.98 Å². The fourth-order valence-corrected chi connectivity index (χ4v) is 0.919. The molecule has 11 heavy (non-hydrogen) atoms. The van der Waals surface area contributed by atoms with E-state index in [-0.39, 0.29) is 17.2 Å². The SMILES string of the molecule is Nc1nc2c(c(=O)[nH]1)N=NC2. The molecular formula is C5H5N5O. The summed E-state index contributed by atoms with van der Waals surface area (Å²) >= 11 is 0.